The fraction of sp³-hybridized carbons (Fsp3) is 0.636. The summed E-state index contributed by atoms with van der Waals surface area (Å²) in [6.07, 6.45) is 19.9. The van der Waals surface area contributed by atoms with Gasteiger partial charge in [0.25, 0.3) is 0 Å². The van der Waals surface area contributed by atoms with Crippen LogP contribution >= 0.6 is 0 Å². The van der Waals surface area contributed by atoms with Gasteiger partial charge in [-0.15, -0.1) is 0 Å². The van der Waals surface area contributed by atoms with E-state index in [9.17, 15) is 0 Å². The zero-order valence-electron chi connectivity index (χ0n) is 16.6. The van der Waals surface area contributed by atoms with E-state index in [1.54, 1.807) is 17.6 Å². The monoisotopic (exact) mass is 574 g/mol. The van der Waals surface area contributed by atoms with E-state index in [1.807, 2.05) is 3.33 Å². The van der Waals surface area contributed by atoms with Crippen LogP contribution in [0.4, 0.5) is 0 Å². The van der Waals surface area contributed by atoms with E-state index < -0.39 is 20.1 Å². The van der Waals surface area contributed by atoms with Gasteiger partial charge in [-0.25, -0.2) is 0 Å². The van der Waals surface area contributed by atoms with Crippen molar-refractivity contribution < 1.29 is 44.9 Å². The molecule has 0 nitrogen and oxygen atoms in total. The summed E-state index contributed by atoms with van der Waals surface area (Å²) in [6, 6.07) is 0. The Morgan fingerprint density at radius 2 is 1.54 bits per heavy atom. The first-order valence-corrected chi connectivity index (χ1v) is 21.7. The molecule has 4 aliphatic carbocycles. The largest absolute Gasteiger partial charge is 1.00 e. The summed E-state index contributed by atoms with van der Waals surface area (Å²) in [5, 5.41) is 0. The standard InChI is InChI=1S/C13H17.C7H9.C2H6Si.2ClH.Hf/c1-3-7-12-10(5-1)9-11-6-2-4-8-13(11)12;1-6-4-3-5-7(6)2;1-3-2;;;/h1,3,5,7,9-13H,2,4,6,8H2;4H,3H2,1-2H3;1-2H3;2*1H;/q;;;;;+2/p-2. The molecule has 0 aromatic carbocycles. The summed E-state index contributed by atoms with van der Waals surface area (Å²) < 4.78 is 3.16. The molecule has 0 bridgehead atoms. The first kappa shape index (κ1) is 22.9. The zero-order valence-corrected chi connectivity index (χ0v) is 22.7. The van der Waals surface area contributed by atoms with Crippen LogP contribution in [-0.2, 0) is 20.1 Å². The number of allylic oxidation sites excluding steroid dienone is 8. The molecule has 5 unspecified atom stereocenters. The minimum Gasteiger partial charge on any atom is -1.00 e. The van der Waals surface area contributed by atoms with Gasteiger partial charge < -0.3 is 24.8 Å². The van der Waals surface area contributed by atoms with Gasteiger partial charge in [0.05, 0.1) is 0 Å². The fourth-order valence-electron chi connectivity index (χ4n) is 6.18. The van der Waals surface area contributed by atoms with Crippen molar-refractivity contribution >= 4 is 5.49 Å². The van der Waals surface area contributed by atoms with Crippen LogP contribution < -0.4 is 24.8 Å². The van der Waals surface area contributed by atoms with E-state index >= 15 is 0 Å². The van der Waals surface area contributed by atoms with Gasteiger partial charge in [-0.3, -0.25) is 0 Å². The topological polar surface area (TPSA) is 0 Å². The molecular weight excluding hydrogens is 542 g/mol. The van der Waals surface area contributed by atoms with Gasteiger partial charge in [0.15, 0.2) is 0 Å². The molecule has 0 aromatic rings. The van der Waals surface area contributed by atoms with Crippen molar-refractivity contribution in [1.82, 2.24) is 0 Å². The molecule has 142 valence electrons. The second-order valence-electron chi connectivity index (χ2n) is 8.67. The minimum atomic E-state index is -1.77. The Hall–Kier alpha value is 0.627. The number of hydrogen-bond donors (Lipinski definition) is 0. The second kappa shape index (κ2) is 9.42. The van der Waals surface area contributed by atoms with Crippen LogP contribution in [0.1, 0.15) is 46.0 Å². The number of rotatable bonds is 2. The molecule has 2 fully saturated rings. The van der Waals surface area contributed by atoms with Gasteiger partial charge >= 0.3 is 157 Å². The molecule has 5 atom stereocenters. The molecule has 0 heterocycles. The van der Waals surface area contributed by atoms with Gasteiger partial charge in [-0.1, -0.05) is 0 Å². The second-order valence-corrected chi connectivity index (χ2v) is 33.4. The Bertz CT molecular complexity index is 697. The Kier molecular flexibility index (Phi) is 8.30. The van der Waals surface area contributed by atoms with Crippen molar-refractivity contribution in [2.45, 2.75) is 62.7 Å². The predicted octanol–water partition coefficient (Wildman–Crippen LogP) is 0.455. The molecule has 4 heteroatoms. The van der Waals surface area contributed by atoms with Crippen molar-refractivity contribution in [3.8, 4) is 0 Å². The maximum Gasteiger partial charge on any atom is -1.00 e. The third-order valence-electron chi connectivity index (χ3n) is 7.32. The summed E-state index contributed by atoms with van der Waals surface area (Å²) in [5.74, 6) is 3.89. The van der Waals surface area contributed by atoms with E-state index in [0.29, 0.717) is 0 Å². The Labute approximate surface area is 180 Å². The van der Waals surface area contributed by atoms with Crippen molar-refractivity contribution in [3.63, 3.8) is 0 Å². The van der Waals surface area contributed by atoms with Crippen LogP contribution in [0.25, 0.3) is 0 Å². The van der Waals surface area contributed by atoms with Crippen LogP contribution in [-0.4, -0.2) is 5.49 Å². The molecular formula is C22H32Cl2HfSi. The maximum atomic E-state index is 2.67. The van der Waals surface area contributed by atoms with Crippen LogP contribution in [0.5, 0.6) is 0 Å². The molecule has 0 saturated heterocycles. The van der Waals surface area contributed by atoms with Crippen molar-refractivity contribution in [2.24, 2.45) is 23.7 Å². The van der Waals surface area contributed by atoms with Crippen LogP contribution in [0.15, 0.2) is 44.9 Å². The van der Waals surface area contributed by atoms with E-state index in [-0.39, 0.29) is 30.3 Å². The SMILES string of the molecule is CC1=CC[C]([Hf+2]([CH]2C3C=CC=CC3C3CCCCC32)=[Si](C)C)=C1C.[Cl-].[Cl-]. The molecule has 0 radical (unpaired) electrons. The third-order valence-corrected chi connectivity index (χ3v) is 34.9. The summed E-state index contributed by atoms with van der Waals surface area (Å²) in [5.41, 5.74) is 3.20. The molecule has 4 rings (SSSR count). The summed E-state index contributed by atoms with van der Waals surface area (Å²) >= 11 is -1.77. The number of halogens is 2. The normalized spacial score (nSPS) is 34.1. The van der Waals surface area contributed by atoms with E-state index in [1.165, 1.54) is 25.7 Å². The maximum absolute atomic E-state index is 2.67. The predicted molar refractivity (Wildman–Crippen MR) is 103 cm³/mol. The minimum absolute atomic E-state index is 0. The molecule has 0 aromatic heterocycles. The first-order chi connectivity index (χ1) is 11.6. The first-order valence-electron chi connectivity index (χ1n) is 9.99. The van der Waals surface area contributed by atoms with Crippen LogP contribution in [0, 0.1) is 23.7 Å². The Morgan fingerprint density at radius 1 is 0.923 bits per heavy atom. The molecule has 0 amide bonds. The third kappa shape index (κ3) is 3.87. The van der Waals surface area contributed by atoms with Crippen molar-refractivity contribution in [2.75, 3.05) is 0 Å². The van der Waals surface area contributed by atoms with Gasteiger partial charge in [0.1, 0.15) is 0 Å². The summed E-state index contributed by atoms with van der Waals surface area (Å²) in [6.45, 7) is 10.2. The average Bonchev–Trinajstić information content (AvgIpc) is 3.08. The molecule has 0 N–H and O–H groups in total. The summed E-state index contributed by atoms with van der Waals surface area (Å²) in [4.78, 5) is 0. The number of hydrogen-bond acceptors (Lipinski definition) is 0. The van der Waals surface area contributed by atoms with Gasteiger partial charge in [-0.05, 0) is 0 Å². The van der Waals surface area contributed by atoms with Crippen molar-refractivity contribution in [1.29, 1.82) is 0 Å². The van der Waals surface area contributed by atoms with E-state index in [4.69, 9.17) is 0 Å². The summed E-state index contributed by atoms with van der Waals surface area (Å²) in [7, 11) is 0. The quantitative estimate of drug-likeness (QED) is 0.421. The number of fused-ring (bicyclic) bond motifs is 3. The van der Waals surface area contributed by atoms with Crippen molar-refractivity contribution in [3.05, 3.63) is 44.9 Å². The Balaban J connectivity index is 0.00000121. The Morgan fingerprint density at radius 3 is 2.12 bits per heavy atom. The molecule has 26 heavy (non-hydrogen) atoms. The molecule has 0 spiro atoms. The van der Waals surface area contributed by atoms with E-state index in [2.05, 4.69) is 57.3 Å². The van der Waals surface area contributed by atoms with Crippen LogP contribution in [0.3, 0.4) is 0 Å². The fourth-order valence-corrected chi connectivity index (χ4v) is 37.2. The smallest absolute Gasteiger partial charge is 1.00 e. The zero-order chi connectivity index (χ0) is 16.8. The van der Waals surface area contributed by atoms with Gasteiger partial charge in [0, 0.05) is 0 Å². The molecule has 0 aliphatic heterocycles. The van der Waals surface area contributed by atoms with Gasteiger partial charge in [0.2, 0.25) is 0 Å². The molecule has 2 saturated carbocycles. The molecule has 4 aliphatic rings. The van der Waals surface area contributed by atoms with E-state index in [0.717, 1.165) is 27.3 Å². The van der Waals surface area contributed by atoms with Gasteiger partial charge in [-0.2, -0.15) is 0 Å². The average molecular weight is 574 g/mol. The van der Waals surface area contributed by atoms with Crippen LogP contribution in [0.2, 0.25) is 16.8 Å².